The summed E-state index contributed by atoms with van der Waals surface area (Å²) in [6.07, 6.45) is 6.17. The Bertz CT molecular complexity index is 455. The van der Waals surface area contributed by atoms with E-state index in [4.69, 9.17) is 4.74 Å². The number of hydrogen-bond donors (Lipinski definition) is 3. The zero-order valence-electron chi connectivity index (χ0n) is 13.2. The Hall–Kier alpha value is -1.75. The van der Waals surface area contributed by atoms with Gasteiger partial charge in [-0.3, -0.25) is 0 Å². The van der Waals surface area contributed by atoms with Gasteiger partial charge in [-0.05, 0) is 56.4 Å². The van der Waals surface area contributed by atoms with Gasteiger partial charge in [0.25, 0.3) is 0 Å². The molecule has 22 heavy (non-hydrogen) atoms. The molecule has 1 aliphatic rings. The van der Waals surface area contributed by atoms with Crippen LogP contribution in [0, 0.1) is 0 Å². The first-order valence-corrected chi connectivity index (χ1v) is 8.17. The van der Waals surface area contributed by atoms with E-state index in [1.807, 2.05) is 31.2 Å². The van der Waals surface area contributed by atoms with E-state index in [1.54, 1.807) is 0 Å². The first-order chi connectivity index (χ1) is 10.7. The molecule has 0 radical (unpaired) electrons. The van der Waals surface area contributed by atoms with Gasteiger partial charge in [-0.25, -0.2) is 4.79 Å². The van der Waals surface area contributed by atoms with E-state index in [0.29, 0.717) is 18.2 Å². The Balaban J connectivity index is 1.74. The number of hydrogen-bond acceptors (Lipinski definition) is 3. The number of carbonyl (C=O) groups excluding carboxylic acids is 1. The lowest BCUT2D eigenvalue weighted by Gasteiger charge is -2.14. The lowest BCUT2D eigenvalue weighted by Crippen LogP contribution is -2.35. The van der Waals surface area contributed by atoms with Gasteiger partial charge in [0, 0.05) is 12.2 Å². The average Bonchev–Trinajstić information content (AvgIpc) is 3.00. The molecule has 0 heterocycles. The van der Waals surface area contributed by atoms with E-state index in [9.17, 15) is 9.90 Å². The normalized spacial score (nSPS) is 16.3. The summed E-state index contributed by atoms with van der Waals surface area (Å²) in [5.41, 5.74) is 0.709. The van der Waals surface area contributed by atoms with Gasteiger partial charge >= 0.3 is 6.03 Å². The van der Waals surface area contributed by atoms with Gasteiger partial charge in [0.05, 0.1) is 12.2 Å². The van der Waals surface area contributed by atoms with Crippen LogP contribution in [0.2, 0.25) is 0 Å². The van der Waals surface area contributed by atoms with Crippen molar-refractivity contribution in [3.05, 3.63) is 24.3 Å². The minimum absolute atomic E-state index is 0.266. The van der Waals surface area contributed by atoms with Crippen LogP contribution < -0.4 is 15.4 Å². The van der Waals surface area contributed by atoms with Crippen LogP contribution in [0.15, 0.2) is 24.3 Å². The fourth-order valence-electron chi connectivity index (χ4n) is 2.64. The molecule has 1 unspecified atom stereocenters. The second-order valence-corrected chi connectivity index (χ2v) is 5.83. The highest BCUT2D eigenvalue weighted by atomic mass is 16.5. The third-order valence-electron chi connectivity index (χ3n) is 3.84. The quantitative estimate of drug-likeness (QED) is 0.724. The first-order valence-electron chi connectivity index (χ1n) is 8.17. The SMILES string of the molecule is CCCC(O)CNC(=O)Nc1ccc(OC2CCCC2)cc1. The molecule has 0 bridgehead atoms. The van der Waals surface area contributed by atoms with Crippen molar-refractivity contribution in [2.45, 2.75) is 57.7 Å². The average molecular weight is 306 g/mol. The number of aliphatic hydroxyl groups excluding tert-OH is 1. The van der Waals surface area contributed by atoms with Gasteiger partial charge in [0.1, 0.15) is 5.75 Å². The van der Waals surface area contributed by atoms with Crippen molar-refractivity contribution in [1.82, 2.24) is 5.32 Å². The molecule has 1 saturated carbocycles. The van der Waals surface area contributed by atoms with Crippen LogP contribution in [0.1, 0.15) is 45.4 Å². The maximum atomic E-state index is 11.7. The zero-order valence-corrected chi connectivity index (χ0v) is 13.2. The van der Waals surface area contributed by atoms with Crippen molar-refractivity contribution < 1.29 is 14.6 Å². The summed E-state index contributed by atoms with van der Waals surface area (Å²) in [5, 5.41) is 15.0. The number of ether oxygens (including phenoxy) is 1. The highest BCUT2D eigenvalue weighted by molar-refractivity contribution is 5.89. The van der Waals surface area contributed by atoms with Crippen LogP contribution in [-0.2, 0) is 0 Å². The summed E-state index contributed by atoms with van der Waals surface area (Å²) >= 11 is 0. The molecule has 2 amide bonds. The zero-order chi connectivity index (χ0) is 15.8. The van der Waals surface area contributed by atoms with E-state index in [-0.39, 0.29) is 12.6 Å². The fraction of sp³-hybridized carbons (Fsp3) is 0.588. The molecule has 0 aromatic heterocycles. The molecule has 1 fully saturated rings. The van der Waals surface area contributed by atoms with E-state index < -0.39 is 6.10 Å². The number of rotatable bonds is 7. The predicted octanol–water partition coefficient (Wildman–Crippen LogP) is 3.29. The lowest BCUT2D eigenvalue weighted by atomic mass is 10.2. The van der Waals surface area contributed by atoms with Gasteiger partial charge in [-0.2, -0.15) is 0 Å². The van der Waals surface area contributed by atoms with Crippen LogP contribution in [0.3, 0.4) is 0 Å². The third-order valence-corrected chi connectivity index (χ3v) is 3.84. The van der Waals surface area contributed by atoms with Gasteiger partial charge < -0.3 is 20.5 Å². The minimum Gasteiger partial charge on any atom is -0.490 e. The molecule has 5 heteroatoms. The Morgan fingerprint density at radius 2 is 2.00 bits per heavy atom. The molecule has 1 aromatic rings. The van der Waals surface area contributed by atoms with Crippen LogP contribution in [0.25, 0.3) is 0 Å². The summed E-state index contributed by atoms with van der Waals surface area (Å²) in [6.45, 7) is 2.26. The topological polar surface area (TPSA) is 70.6 Å². The van der Waals surface area contributed by atoms with Crippen LogP contribution >= 0.6 is 0 Å². The Labute approximate surface area is 132 Å². The molecule has 5 nitrogen and oxygen atoms in total. The van der Waals surface area contributed by atoms with Crippen LogP contribution in [0.5, 0.6) is 5.75 Å². The highest BCUT2D eigenvalue weighted by Crippen LogP contribution is 2.24. The Kier molecular flexibility index (Phi) is 6.52. The predicted molar refractivity (Wildman–Crippen MR) is 87.3 cm³/mol. The summed E-state index contributed by atoms with van der Waals surface area (Å²) < 4.78 is 5.88. The maximum absolute atomic E-state index is 11.7. The van der Waals surface area contributed by atoms with Gasteiger partial charge in [0.15, 0.2) is 0 Å². The van der Waals surface area contributed by atoms with Crippen LogP contribution in [0.4, 0.5) is 10.5 Å². The number of nitrogens with one attached hydrogen (secondary N) is 2. The number of carbonyl (C=O) groups is 1. The number of urea groups is 1. The molecule has 1 aromatic carbocycles. The van der Waals surface area contributed by atoms with E-state index >= 15 is 0 Å². The van der Waals surface area contributed by atoms with Gasteiger partial charge in [0.2, 0.25) is 0 Å². The maximum Gasteiger partial charge on any atom is 0.319 e. The van der Waals surface area contributed by atoms with E-state index in [1.165, 1.54) is 12.8 Å². The van der Waals surface area contributed by atoms with E-state index in [0.717, 1.165) is 25.0 Å². The molecular formula is C17H26N2O3. The van der Waals surface area contributed by atoms with Crippen molar-refractivity contribution in [1.29, 1.82) is 0 Å². The number of aliphatic hydroxyl groups is 1. The van der Waals surface area contributed by atoms with E-state index in [2.05, 4.69) is 10.6 Å². The highest BCUT2D eigenvalue weighted by Gasteiger charge is 2.16. The van der Waals surface area contributed by atoms with Gasteiger partial charge in [-0.15, -0.1) is 0 Å². The van der Waals surface area contributed by atoms with Crippen LogP contribution in [-0.4, -0.2) is 29.9 Å². The van der Waals surface area contributed by atoms with Crippen molar-refractivity contribution in [3.63, 3.8) is 0 Å². The Morgan fingerprint density at radius 3 is 2.64 bits per heavy atom. The molecule has 0 aliphatic heterocycles. The summed E-state index contributed by atoms with van der Waals surface area (Å²) in [5.74, 6) is 0.844. The Morgan fingerprint density at radius 1 is 1.32 bits per heavy atom. The minimum atomic E-state index is -0.488. The molecule has 1 atom stereocenters. The number of amides is 2. The molecule has 1 aliphatic carbocycles. The smallest absolute Gasteiger partial charge is 0.319 e. The molecule has 3 N–H and O–H groups in total. The molecule has 0 spiro atoms. The molecule has 122 valence electrons. The second kappa shape index (κ2) is 8.63. The van der Waals surface area contributed by atoms with Crippen molar-refractivity contribution in [3.8, 4) is 5.75 Å². The standard InChI is InChI=1S/C17H26N2O3/c1-2-5-14(20)12-18-17(21)19-13-8-10-16(11-9-13)22-15-6-3-4-7-15/h8-11,14-15,20H,2-7,12H2,1H3,(H2,18,19,21). The fourth-order valence-corrected chi connectivity index (χ4v) is 2.64. The number of benzene rings is 1. The molecule has 2 rings (SSSR count). The summed E-state index contributed by atoms with van der Waals surface area (Å²) in [6, 6.07) is 7.10. The third kappa shape index (κ3) is 5.56. The van der Waals surface area contributed by atoms with Crippen molar-refractivity contribution in [2.75, 3.05) is 11.9 Å². The molecular weight excluding hydrogens is 280 g/mol. The second-order valence-electron chi connectivity index (χ2n) is 5.83. The lowest BCUT2D eigenvalue weighted by molar-refractivity contribution is 0.162. The largest absolute Gasteiger partial charge is 0.490 e. The molecule has 0 saturated heterocycles. The first kappa shape index (κ1) is 16.6. The monoisotopic (exact) mass is 306 g/mol. The van der Waals surface area contributed by atoms with Gasteiger partial charge in [-0.1, -0.05) is 13.3 Å². The summed E-state index contributed by atoms with van der Waals surface area (Å²) in [4.78, 5) is 11.7. The van der Waals surface area contributed by atoms with Crippen molar-refractivity contribution >= 4 is 11.7 Å². The van der Waals surface area contributed by atoms with Crippen molar-refractivity contribution in [2.24, 2.45) is 0 Å². The summed E-state index contributed by atoms with van der Waals surface area (Å²) in [7, 11) is 0. The number of anilines is 1.